The van der Waals surface area contributed by atoms with E-state index in [9.17, 15) is 14.7 Å². The topological polar surface area (TPSA) is 99.1 Å². The van der Waals surface area contributed by atoms with Gasteiger partial charge in [0.1, 0.15) is 29.6 Å². The molecule has 1 N–H and O–H groups in total. The molecule has 274 valence electrons. The van der Waals surface area contributed by atoms with E-state index in [0.29, 0.717) is 12.8 Å². The van der Waals surface area contributed by atoms with Gasteiger partial charge in [0.2, 0.25) is 0 Å². The number of aliphatic hydroxyl groups is 1. The summed E-state index contributed by atoms with van der Waals surface area (Å²) in [6.07, 6.45) is 21.2. The van der Waals surface area contributed by atoms with Crippen LogP contribution in [-0.4, -0.2) is 36.4 Å². The van der Waals surface area contributed by atoms with Crippen molar-refractivity contribution in [3.8, 4) is 0 Å². The van der Waals surface area contributed by atoms with Crippen molar-refractivity contribution in [3.63, 3.8) is 0 Å². The van der Waals surface area contributed by atoms with Gasteiger partial charge in [-0.1, -0.05) is 78.1 Å². The number of aryl methyl sites for hydroxylation is 4. The second-order valence-electron chi connectivity index (χ2n) is 13.8. The first-order chi connectivity index (χ1) is 23.2. The third-order valence-corrected chi connectivity index (χ3v) is 9.78. The molecule has 0 unspecified atom stereocenters. The van der Waals surface area contributed by atoms with E-state index in [-0.39, 0.29) is 25.2 Å². The molecular formula is C41H68O7. The molecule has 48 heavy (non-hydrogen) atoms. The molecule has 0 aliphatic heterocycles. The molecule has 0 saturated carbocycles. The van der Waals surface area contributed by atoms with Gasteiger partial charge in [-0.15, -0.1) is 0 Å². The fraction of sp³-hybridized carbons (Fsp3) is 0.756. The van der Waals surface area contributed by atoms with Gasteiger partial charge in [0.05, 0.1) is 6.61 Å². The summed E-state index contributed by atoms with van der Waals surface area (Å²) < 4.78 is 22.9. The summed E-state index contributed by atoms with van der Waals surface area (Å²) in [5.74, 6) is 3.96. The Balaban J connectivity index is 1.45. The van der Waals surface area contributed by atoms with E-state index in [1.807, 2.05) is 0 Å². The molecule has 0 aromatic carbocycles. The van der Waals surface area contributed by atoms with Crippen LogP contribution in [0.15, 0.2) is 8.83 Å². The molecule has 7 nitrogen and oxygen atoms in total. The average molecular weight is 673 g/mol. The number of hydrogen-bond acceptors (Lipinski definition) is 7. The number of carbonyl (C=O) groups is 2. The summed E-state index contributed by atoms with van der Waals surface area (Å²) in [6, 6.07) is 0. The Hall–Kier alpha value is -2.54. The fourth-order valence-electron chi connectivity index (χ4n) is 6.31. The zero-order valence-corrected chi connectivity index (χ0v) is 31.4. The molecule has 0 bridgehead atoms. The number of carbonyl (C=O) groups excluding carboxylic acids is 2. The molecule has 0 fully saturated rings. The first-order valence-corrected chi connectivity index (χ1v) is 19.3. The Morgan fingerprint density at radius 1 is 0.542 bits per heavy atom. The first-order valence-electron chi connectivity index (χ1n) is 19.3. The maximum absolute atomic E-state index is 12.3. The minimum atomic E-state index is -0.804. The van der Waals surface area contributed by atoms with E-state index in [1.165, 1.54) is 47.3 Å². The monoisotopic (exact) mass is 672 g/mol. The summed E-state index contributed by atoms with van der Waals surface area (Å²) in [6.45, 7) is 12.6. The predicted octanol–water partition coefficient (Wildman–Crippen LogP) is 10.5. The second kappa shape index (κ2) is 24.6. The SMILES string of the molecule is CCCCCc1oc(CCCCCCCCC(=O)O[C@@H](CO)COC(=O)CCCCCCCCc2oc(CCC)c(C)c2C)c(C)c1C. The van der Waals surface area contributed by atoms with Crippen LogP contribution in [0.1, 0.15) is 175 Å². The van der Waals surface area contributed by atoms with Crippen LogP contribution in [0.5, 0.6) is 0 Å². The minimum Gasteiger partial charge on any atom is -0.466 e. The molecule has 2 aromatic rings. The quantitative estimate of drug-likeness (QED) is 0.0709. The van der Waals surface area contributed by atoms with E-state index in [4.69, 9.17) is 18.3 Å². The largest absolute Gasteiger partial charge is 0.466 e. The lowest BCUT2D eigenvalue weighted by atomic mass is 10.0. The number of hydrogen-bond donors (Lipinski definition) is 1. The first kappa shape index (κ1) is 41.6. The predicted molar refractivity (Wildman–Crippen MR) is 194 cm³/mol. The Morgan fingerprint density at radius 2 is 0.938 bits per heavy atom. The highest BCUT2D eigenvalue weighted by Crippen LogP contribution is 2.26. The van der Waals surface area contributed by atoms with Crippen LogP contribution >= 0.6 is 0 Å². The van der Waals surface area contributed by atoms with Gasteiger partial charge in [-0.3, -0.25) is 9.59 Å². The van der Waals surface area contributed by atoms with Gasteiger partial charge in [0.15, 0.2) is 6.10 Å². The highest BCUT2D eigenvalue weighted by atomic mass is 16.6. The zero-order valence-electron chi connectivity index (χ0n) is 31.4. The standard InChI is InChI=1S/C41H68O7/c1-7-9-18-24-37-33(5)34(6)39(48-37)26-20-15-11-13-17-22-28-41(44)46-35(29-42)30-45-40(43)27-21-16-12-10-14-19-25-38-32(4)31(3)36(47-38)23-8-2/h35,42H,7-30H2,1-6H3/t35-/m0/s1. The van der Waals surface area contributed by atoms with Crippen molar-refractivity contribution in [2.24, 2.45) is 0 Å². The van der Waals surface area contributed by atoms with Crippen molar-refractivity contribution < 1.29 is 33.0 Å². The summed E-state index contributed by atoms with van der Waals surface area (Å²) in [7, 11) is 0. The second-order valence-corrected chi connectivity index (χ2v) is 13.8. The highest BCUT2D eigenvalue weighted by Gasteiger charge is 2.17. The molecule has 2 aromatic heterocycles. The Kier molecular flexibility index (Phi) is 21.3. The van der Waals surface area contributed by atoms with Gasteiger partial charge in [-0.2, -0.15) is 0 Å². The van der Waals surface area contributed by atoms with Crippen molar-refractivity contribution in [2.75, 3.05) is 13.2 Å². The number of unbranched alkanes of at least 4 members (excludes halogenated alkanes) is 12. The van der Waals surface area contributed by atoms with E-state index in [0.717, 1.165) is 126 Å². The normalized spacial score (nSPS) is 12.1. The van der Waals surface area contributed by atoms with Gasteiger partial charge < -0.3 is 23.4 Å². The molecule has 1 atom stereocenters. The van der Waals surface area contributed by atoms with E-state index in [1.54, 1.807) is 0 Å². The molecular weight excluding hydrogens is 604 g/mol. The van der Waals surface area contributed by atoms with Crippen LogP contribution in [0.25, 0.3) is 0 Å². The van der Waals surface area contributed by atoms with Crippen molar-refractivity contribution >= 4 is 11.9 Å². The average Bonchev–Trinajstić information content (AvgIpc) is 3.50. The van der Waals surface area contributed by atoms with E-state index < -0.39 is 6.10 Å². The van der Waals surface area contributed by atoms with Gasteiger partial charge in [-0.05, 0) is 88.5 Å². The fourth-order valence-corrected chi connectivity index (χ4v) is 6.31. The van der Waals surface area contributed by atoms with Crippen LogP contribution in [0.3, 0.4) is 0 Å². The Morgan fingerprint density at radius 3 is 1.38 bits per heavy atom. The number of esters is 2. The molecule has 0 aliphatic carbocycles. The molecule has 0 radical (unpaired) electrons. The lowest BCUT2D eigenvalue weighted by Gasteiger charge is -2.15. The van der Waals surface area contributed by atoms with Crippen LogP contribution in [0.2, 0.25) is 0 Å². The van der Waals surface area contributed by atoms with Crippen LogP contribution < -0.4 is 0 Å². The van der Waals surface area contributed by atoms with Crippen molar-refractivity contribution in [1.29, 1.82) is 0 Å². The molecule has 0 saturated heterocycles. The summed E-state index contributed by atoms with van der Waals surface area (Å²) >= 11 is 0. The summed E-state index contributed by atoms with van der Waals surface area (Å²) in [5.41, 5.74) is 5.27. The third kappa shape index (κ3) is 15.8. The van der Waals surface area contributed by atoms with Crippen molar-refractivity contribution in [2.45, 2.75) is 189 Å². The molecule has 2 heterocycles. The van der Waals surface area contributed by atoms with Gasteiger partial charge >= 0.3 is 11.9 Å². The lowest BCUT2D eigenvalue weighted by molar-refractivity contribution is -0.161. The Bertz CT molecular complexity index is 1170. The smallest absolute Gasteiger partial charge is 0.306 e. The van der Waals surface area contributed by atoms with Crippen LogP contribution in [0.4, 0.5) is 0 Å². The highest BCUT2D eigenvalue weighted by molar-refractivity contribution is 5.70. The third-order valence-electron chi connectivity index (χ3n) is 9.78. The molecule has 0 amide bonds. The van der Waals surface area contributed by atoms with Crippen LogP contribution in [0, 0.1) is 27.7 Å². The van der Waals surface area contributed by atoms with E-state index >= 15 is 0 Å². The molecule has 0 aliphatic rings. The van der Waals surface area contributed by atoms with Gasteiger partial charge in [0, 0.05) is 38.5 Å². The summed E-state index contributed by atoms with van der Waals surface area (Å²) in [4.78, 5) is 24.4. The number of aliphatic hydroxyl groups excluding tert-OH is 1. The van der Waals surface area contributed by atoms with Gasteiger partial charge in [0.25, 0.3) is 0 Å². The maximum Gasteiger partial charge on any atom is 0.306 e. The van der Waals surface area contributed by atoms with Crippen molar-refractivity contribution in [3.05, 3.63) is 45.3 Å². The molecule has 7 heteroatoms. The lowest BCUT2D eigenvalue weighted by Crippen LogP contribution is -2.28. The number of furan rings is 2. The van der Waals surface area contributed by atoms with Gasteiger partial charge in [-0.25, -0.2) is 0 Å². The van der Waals surface area contributed by atoms with Crippen LogP contribution in [-0.2, 0) is 44.7 Å². The number of ether oxygens (including phenoxy) is 2. The minimum absolute atomic E-state index is 0.0956. The summed E-state index contributed by atoms with van der Waals surface area (Å²) in [5, 5.41) is 9.61. The zero-order chi connectivity index (χ0) is 35.1. The van der Waals surface area contributed by atoms with E-state index in [2.05, 4.69) is 41.5 Å². The Labute approximate surface area is 291 Å². The number of rotatable bonds is 28. The molecule has 2 rings (SSSR count). The van der Waals surface area contributed by atoms with Crippen molar-refractivity contribution in [1.82, 2.24) is 0 Å². The maximum atomic E-state index is 12.3. The molecule has 0 spiro atoms.